The normalized spacial score (nSPS) is 25.0. The van der Waals surface area contributed by atoms with Gasteiger partial charge in [-0.25, -0.2) is 0 Å². The molecule has 0 spiro atoms. The Hall–Kier alpha value is -3.65. The predicted octanol–water partition coefficient (Wildman–Crippen LogP) is 2.43. The molecule has 0 unspecified atom stereocenters. The van der Waals surface area contributed by atoms with Gasteiger partial charge < -0.3 is 30.1 Å². The van der Waals surface area contributed by atoms with Gasteiger partial charge in [-0.15, -0.1) is 0 Å². The average molecular weight is 656 g/mol. The first-order valence-corrected chi connectivity index (χ1v) is 15.5. The Labute approximate surface area is 265 Å². The van der Waals surface area contributed by atoms with Gasteiger partial charge in [0.15, 0.2) is 12.4 Å². The Bertz CT molecular complexity index is 1380. The predicted molar refractivity (Wildman–Crippen MR) is 157 cm³/mol. The van der Waals surface area contributed by atoms with Crippen LogP contribution in [0.3, 0.4) is 0 Å². The Balaban J connectivity index is 1.55. The van der Waals surface area contributed by atoms with Crippen molar-refractivity contribution in [1.29, 1.82) is 0 Å². The molecule has 1 aromatic heterocycles. The molecule has 15 heteroatoms. The summed E-state index contributed by atoms with van der Waals surface area (Å²) in [5.74, 6) is -5.50. The summed E-state index contributed by atoms with van der Waals surface area (Å²) in [5.41, 5.74) is -0.0848. The highest BCUT2D eigenvalue weighted by molar-refractivity contribution is 5.97. The van der Waals surface area contributed by atoms with E-state index in [0.29, 0.717) is 24.3 Å². The Kier molecular flexibility index (Phi) is 9.58. The summed E-state index contributed by atoms with van der Waals surface area (Å²) in [4.78, 5) is 66.6. The molecular weight excluding hydrogens is 611 g/mol. The zero-order valence-corrected chi connectivity index (χ0v) is 27.5. The summed E-state index contributed by atoms with van der Waals surface area (Å²) in [6.07, 6.45) is -4.75. The largest absolute Gasteiger partial charge is 0.471 e. The highest BCUT2D eigenvalue weighted by Crippen LogP contribution is 2.65. The molecule has 12 nitrogen and oxygen atoms in total. The lowest BCUT2D eigenvalue weighted by Gasteiger charge is -2.35. The number of halogens is 3. The molecule has 3 fully saturated rings. The second kappa shape index (κ2) is 12.5. The van der Waals surface area contributed by atoms with Crippen LogP contribution in [0.4, 0.5) is 13.2 Å². The minimum Gasteiger partial charge on any atom is -0.467 e. The second-order valence-electron chi connectivity index (χ2n) is 14.6. The smallest absolute Gasteiger partial charge is 0.467 e. The zero-order chi connectivity index (χ0) is 34.5. The van der Waals surface area contributed by atoms with Crippen molar-refractivity contribution < 1.29 is 46.4 Å². The zero-order valence-electron chi connectivity index (χ0n) is 27.5. The lowest BCUT2D eigenvalue weighted by molar-refractivity contribution is -0.175. The molecule has 4 rings (SSSR count). The fourth-order valence-corrected chi connectivity index (χ4v) is 6.81. The first-order chi connectivity index (χ1) is 21.2. The van der Waals surface area contributed by atoms with Crippen molar-refractivity contribution in [2.75, 3.05) is 19.7 Å². The monoisotopic (exact) mass is 655 g/mol. The molecule has 3 N–H and O–H groups in total. The number of ketones is 1. The van der Waals surface area contributed by atoms with Gasteiger partial charge in [0.2, 0.25) is 17.7 Å². The number of carbonyl (C=O) groups excluding carboxylic acids is 5. The number of nitrogens with zero attached hydrogens (tertiary/aromatic N) is 2. The van der Waals surface area contributed by atoms with Crippen molar-refractivity contribution in [2.45, 2.75) is 97.9 Å². The maximum Gasteiger partial charge on any atom is 0.471 e. The summed E-state index contributed by atoms with van der Waals surface area (Å²) in [6.45, 7) is 14.5. The topological polar surface area (TPSA) is 160 Å². The second-order valence-corrected chi connectivity index (χ2v) is 14.6. The number of carbonyl (C=O) groups is 5. The van der Waals surface area contributed by atoms with Crippen LogP contribution in [0.2, 0.25) is 0 Å². The van der Waals surface area contributed by atoms with Gasteiger partial charge in [-0.3, -0.25) is 24.0 Å². The summed E-state index contributed by atoms with van der Waals surface area (Å²) in [5, 5.41) is 11.2. The van der Waals surface area contributed by atoms with E-state index in [1.807, 2.05) is 34.6 Å². The highest BCUT2D eigenvalue weighted by Gasteiger charge is 2.69. The van der Waals surface area contributed by atoms with E-state index >= 15 is 0 Å². The molecule has 2 saturated heterocycles. The molecule has 3 aliphatic rings. The first-order valence-electron chi connectivity index (χ1n) is 15.5. The molecule has 0 bridgehead atoms. The minimum atomic E-state index is -5.19. The van der Waals surface area contributed by atoms with Crippen LogP contribution >= 0.6 is 0 Å². The molecule has 0 aromatic carbocycles. The van der Waals surface area contributed by atoms with Gasteiger partial charge in [0.25, 0.3) is 5.88 Å². The van der Waals surface area contributed by atoms with Crippen molar-refractivity contribution in [2.24, 2.45) is 29.1 Å². The first kappa shape index (κ1) is 35.2. The van der Waals surface area contributed by atoms with Crippen molar-refractivity contribution in [1.82, 2.24) is 26.0 Å². The van der Waals surface area contributed by atoms with Crippen LogP contribution in [0.1, 0.15) is 72.6 Å². The van der Waals surface area contributed by atoms with Gasteiger partial charge in [-0.1, -0.05) is 48.5 Å². The van der Waals surface area contributed by atoms with E-state index in [1.54, 1.807) is 12.2 Å². The van der Waals surface area contributed by atoms with Crippen LogP contribution in [0.15, 0.2) is 4.52 Å². The Morgan fingerprint density at radius 2 is 1.80 bits per heavy atom. The molecule has 3 heterocycles. The fourth-order valence-electron chi connectivity index (χ4n) is 6.81. The van der Waals surface area contributed by atoms with Crippen LogP contribution in [0, 0.1) is 36.0 Å². The highest BCUT2D eigenvalue weighted by atomic mass is 19.4. The van der Waals surface area contributed by atoms with E-state index < -0.39 is 66.2 Å². The molecule has 6 atom stereocenters. The molecule has 256 valence electrons. The van der Waals surface area contributed by atoms with E-state index in [1.165, 1.54) is 18.7 Å². The number of piperidine rings is 1. The fraction of sp³-hybridized carbons (Fsp3) is 0.742. The summed E-state index contributed by atoms with van der Waals surface area (Å²) >= 11 is 0. The maximum absolute atomic E-state index is 14.0. The third-order valence-corrected chi connectivity index (χ3v) is 9.54. The van der Waals surface area contributed by atoms with Crippen LogP contribution in [0.25, 0.3) is 0 Å². The maximum atomic E-state index is 14.0. The third-order valence-electron chi connectivity index (χ3n) is 9.54. The van der Waals surface area contributed by atoms with Gasteiger partial charge in [0.1, 0.15) is 17.8 Å². The number of ether oxygens (including phenoxy) is 1. The SMILES string of the molecule is Cc1c(OCC(=O)[C@H](C[C@@H]2CCNC2=O)NC(=O)[C@@H]2[C@@H]3[C@H](CN2C(=O)[C@@H](NC(=O)C(F)(F)F)C(C)C)C3(C)C)noc1C(C)(C)C. The van der Waals surface area contributed by atoms with Gasteiger partial charge in [0, 0.05) is 24.4 Å². The Morgan fingerprint density at radius 3 is 2.33 bits per heavy atom. The summed E-state index contributed by atoms with van der Waals surface area (Å²) in [7, 11) is 0. The van der Waals surface area contributed by atoms with Gasteiger partial charge in [-0.05, 0) is 48.1 Å². The Morgan fingerprint density at radius 1 is 1.15 bits per heavy atom. The van der Waals surface area contributed by atoms with E-state index in [-0.39, 0.29) is 47.4 Å². The number of amides is 4. The van der Waals surface area contributed by atoms with Crippen molar-refractivity contribution >= 4 is 29.4 Å². The number of hydrogen-bond donors (Lipinski definition) is 3. The number of hydrogen-bond acceptors (Lipinski definition) is 8. The van der Waals surface area contributed by atoms with E-state index in [9.17, 15) is 37.1 Å². The molecular formula is C31H44F3N5O7. The molecule has 1 saturated carbocycles. The number of fused-ring (bicyclic) bond motifs is 1. The van der Waals surface area contributed by atoms with Crippen LogP contribution in [-0.4, -0.2) is 83.5 Å². The molecule has 1 aromatic rings. The lowest BCUT2D eigenvalue weighted by Crippen LogP contribution is -2.59. The number of aromatic nitrogens is 1. The number of rotatable bonds is 11. The number of Topliss-reactive ketones (excluding diaryl/α,β-unsaturated/α-hetero) is 1. The third kappa shape index (κ3) is 7.02. The number of likely N-dealkylation sites (tertiary alicyclic amines) is 1. The molecule has 0 radical (unpaired) electrons. The van der Waals surface area contributed by atoms with Crippen LogP contribution < -0.4 is 20.7 Å². The van der Waals surface area contributed by atoms with Crippen molar-refractivity contribution in [3.05, 3.63) is 11.3 Å². The van der Waals surface area contributed by atoms with Crippen LogP contribution in [0.5, 0.6) is 5.88 Å². The van der Waals surface area contributed by atoms with Crippen LogP contribution in [-0.2, 0) is 29.4 Å². The minimum absolute atomic E-state index is 0.0147. The van der Waals surface area contributed by atoms with E-state index in [0.717, 1.165) is 0 Å². The quantitative estimate of drug-likeness (QED) is 0.328. The average Bonchev–Trinajstić information content (AvgIpc) is 3.42. The lowest BCUT2D eigenvalue weighted by atomic mass is 9.91. The van der Waals surface area contributed by atoms with Gasteiger partial charge in [-0.2, -0.15) is 13.2 Å². The number of nitrogens with one attached hydrogen (secondary N) is 3. The molecule has 46 heavy (non-hydrogen) atoms. The summed E-state index contributed by atoms with van der Waals surface area (Å²) in [6, 6.07) is -3.79. The van der Waals surface area contributed by atoms with E-state index in [2.05, 4.69) is 15.8 Å². The summed E-state index contributed by atoms with van der Waals surface area (Å²) < 4.78 is 50.3. The van der Waals surface area contributed by atoms with Crippen molar-refractivity contribution in [3.8, 4) is 5.88 Å². The van der Waals surface area contributed by atoms with Gasteiger partial charge >= 0.3 is 12.1 Å². The molecule has 2 aliphatic heterocycles. The molecule has 4 amide bonds. The van der Waals surface area contributed by atoms with E-state index in [4.69, 9.17) is 9.26 Å². The van der Waals surface area contributed by atoms with Gasteiger partial charge in [0.05, 0.1) is 11.6 Å². The standard InChI is InChI=1S/C31H44F3N5O7/c1-14(2)21(37-28(44)31(32,33)34)27(43)39-12-17-20(30(17,7)8)22(39)25(42)36-18(11-16-9-10-35-24(16)41)19(40)13-45-26-15(3)23(46-38-26)29(4,5)6/h14,16-18,20-22H,9-13H2,1-8H3,(H,35,41)(H,36,42)(H,37,44)/t16-,17-,18-,20-,21-,22-/m0/s1. The number of alkyl halides is 3. The molecule has 1 aliphatic carbocycles. The van der Waals surface area contributed by atoms with Crippen molar-refractivity contribution in [3.63, 3.8) is 0 Å².